The minimum Gasteiger partial charge on any atom is -0.497 e. The second kappa shape index (κ2) is 7.94. The van der Waals surface area contributed by atoms with Crippen LogP contribution in [-0.4, -0.2) is 41.7 Å². The predicted molar refractivity (Wildman–Crippen MR) is 106 cm³/mol. The number of aryl methyl sites for hydroxylation is 1. The third-order valence-electron chi connectivity index (χ3n) is 5.06. The van der Waals surface area contributed by atoms with Crippen molar-refractivity contribution >= 4 is 0 Å². The molecule has 0 saturated carbocycles. The number of aromatic amines is 1. The lowest BCUT2D eigenvalue weighted by atomic mass is 10.1. The first-order valence-corrected chi connectivity index (χ1v) is 9.29. The number of aromatic nitrogens is 2. The van der Waals surface area contributed by atoms with Gasteiger partial charge in [0.2, 0.25) is 0 Å². The van der Waals surface area contributed by atoms with Crippen molar-refractivity contribution in [2.24, 2.45) is 0 Å². The Morgan fingerprint density at radius 1 is 1.15 bits per heavy atom. The molecule has 1 aromatic heterocycles. The summed E-state index contributed by atoms with van der Waals surface area (Å²) in [5.41, 5.74) is 4.70. The second-order valence-electron chi connectivity index (χ2n) is 6.96. The smallest absolute Gasteiger partial charge is 0.126 e. The third kappa shape index (κ3) is 4.04. The number of ether oxygens (including phenoxy) is 2. The molecule has 1 aliphatic rings. The standard InChI is InChI=1S/C22H25N3O2/c1-16-3-5-17(6-4-16)14-25-11-12-27-15-21(25)22-23-13-20(24-22)18-7-9-19(26-2)10-8-18/h3-10,13,21H,11-12,14-15H2,1-2H3,(H,23,24). The Labute approximate surface area is 160 Å². The van der Waals surface area contributed by atoms with Crippen molar-refractivity contribution in [1.82, 2.24) is 14.9 Å². The highest BCUT2D eigenvalue weighted by Gasteiger charge is 2.27. The van der Waals surface area contributed by atoms with E-state index < -0.39 is 0 Å². The van der Waals surface area contributed by atoms with Crippen LogP contribution in [0.25, 0.3) is 11.3 Å². The lowest BCUT2D eigenvalue weighted by Crippen LogP contribution is -2.39. The Kier molecular flexibility index (Phi) is 5.23. The quantitative estimate of drug-likeness (QED) is 0.745. The van der Waals surface area contributed by atoms with Crippen LogP contribution in [0.15, 0.2) is 54.7 Å². The average Bonchev–Trinajstić information content (AvgIpc) is 3.20. The van der Waals surface area contributed by atoms with Gasteiger partial charge >= 0.3 is 0 Å². The predicted octanol–water partition coefficient (Wildman–Crippen LogP) is 3.97. The minimum absolute atomic E-state index is 0.132. The molecule has 1 saturated heterocycles. The van der Waals surface area contributed by atoms with Gasteiger partial charge in [-0.15, -0.1) is 0 Å². The first kappa shape index (κ1) is 17.8. The van der Waals surface area contributed by atoms with Gasteiger partial charge in [0.05, 0.1) is 38.3 Å². The number of morpholine rings is 1. The van der Waals surface area contributed by atoms with Crippen molar-refractivity contribution < 1.29 is 9.47 Å². The molecule has 2 aromatic carbocycles. The van der Waals surface area contributed by atoms with E-state index in [-0.39, 0.29) is 6.04 Å². The largest absolute Gasteiger partial charge is 0.497 e. The van der Waals surface area contributed by atoms with Crippen LogP contribution in [0, 0.1) is 6.92 Å². The maximum atomic E-state index is 5.75. The van der Waals surface area contributed by atoms with Crippen LogP contribution < -0.4 is 4.74 Å². The van der Waals surface area contributed by atoms with Gasteiger partial charge in [0.25, 0.3) is 0 Å². The molecule has 0 amide bonds. The highest BCUT2D eigenvalue weighted by Crippen LogP contribution is 2.27. The Morgan fingerprint density at radius 3 is 2.67 bits per heavy atom. The lowest BCUT2D eigenvalue weighted by molar-refractivity contribution is -0.0156. The molecular formula is C22H25N3O2. The monoisotopic (exact) mass is 363 g/mol. The number of rotatable bonds is 5. The molecule has 0 radical (unpaired) electrons. The van der Waals surface area contributed by atoms with Crippen molar-refractivity contribution in [1.29, 1.82) is 0 Å². The summed E-state index contributed by atoms with van der Waals surface area (Å²) in [5.74, 6) is 1.80. The van der Waals surface area contributed by atoms with Crippen molar-refractivity contribution in [3.05, 3.63) is 71.7 Å². The molecule has 1 unspecified atom stereocenters. The molecule has 0 spiro atoms. The molecule has 140 valence electrons. The van der Waals surface area contributed by atoms with Crippen LogP contribution in [0.1, 0.15) is 23.0 Å². The van der Waals surface area contributed by atoms with Gasteiger partial charge < -0.3 is 14.5 Å². The SMILES string of the molecule is COc1ccc(-c2cnc(C3COCCN3Cc3ccc(C)cc3)[nH]2)cc1. The molecule has 0 aliphatic carbocycles. The molecule has 0 bridgehead atoms. The van der Waals surface area contributed by atoms with Gasteiger partial charge in [-0.2, -0.15) is 0 Å². The number of nitrogens with one attached hydrogen (secondary N) is 1. The number of hydrogen-bond acceptors (Lipinski definition) is 4. The minimum atomic E-state index is 0.132. The number of imidazole rings is 1. The first-order valence-electron chi connectivity index (χ1n) is 9.29. The van der Waals surface area contributed by atoms with Crippen molar-refractivity contribution in [2.45, 2.75) is 19.5 Å². The molecule has 5 heteroatoms. The summed E-state index contributed by atoms with van der Waals surface area (Å²) in [6.45, 7) is 5.32. The Morgan fingerprint density at radius 2 is 1.93 bits per heavy atom. The molecule has 1 atom stereocenters. The fourth-order valence-electron chi connectivity index (χ4n) is 3.43. The van der Waals surface area contributed by atoms with Crippen LogP contribution in [-0.2, 0) is 11.3 Å². The van der Waals surface area contributed by atoms with Crippen LogP contribution >= 0.6 is 0 Å². The molecule has 27 heavy (non-hydrogen) atoms. The summed E-state index contributed by atoms with van der Waals surface area (Å²) in [6.07, 6.45) is 1.90. The molecule has 2 heterocycles. The number of methoxy groups -OCH3 is 1. The molecule has 4 rings (SSSR count). The van der Waals surface area contributed by atoms with E-state index in [1.54, 1.807) is 7.11 Å². The van der Waals surface area contributed by atoms with Gasteiger partial charge in [0.1, 0.15) is 11.6 Å². The van der Waals surface area contributed by atoms with Gasteiger partial charge in [-0.25, -0.2) is 4.98 Å². The third-order valence-corrected chi connectivity index (χ3v) is 5.06. The molecular weight excluding hydrogens is 338 g/mol. The van der Waals surface area contributed by atoms with E-state index in [1.165, 1.54) is 11.1 Å². The van der Waals surface area contributed by atoms with Gasteiger partial charge in [0, 0.05) is 13.1 Å². The Balaban J connectivity index is 1.53. The zero-order chi connectivity index (χ0) is 18.6. The van der Waals surface area contributed by atoms with E-state index in [1.807, 2.05) is 30.5 Å². The lowest BCUT2D eigenvalue weighted by Gasteiger charge is -2.34. The first-order chi connectivity index (χ1) is 13.2. The summed E-state index contributed by atoms with van der Waals surface area (Å²) in [5, 5.41) is 0. The van der Waals surface area contributed by atoms with Gasteiger partial charge in [0.15, 0.2) is 0 Å². The Hall–Kier alpha value is -2.63. The maximum Gasteiger partial charge on any atom is 0.126 e. The summed E-state index contributed by atoms with van der Waals surface area (Å²) in [7, 11) is 1.68. The number of nitrogens with zero attached hydrogens (tertiary/aromatic N) is 2. The molecule has 1 fully saturated rings. The summed E-state index contributed by atoms with van der Waals surface area (Å²) < 4.78 is 11.0. The molecule has 3 aromatic rings. The van der Waals surface area contributed by atoms with E-state index in [4.69, 9.17) is 9.47 Å². The molecule has 1 aliphatic heterocycles. The fraction of sp³-hybridized carbons (Fsp3) is 0.318. The number of H-pyrrole nitrogens is 1. The van der Waals surface area contributed by atoms with E-state index >= 15 is 0 Å². The van der Waals surface area contributed by atoms with Gasteiger partial charge in [-0.3, -0.25) is 4.90 Å². The summed E-state index contributed by atoms with van der Waals surface area (Å²) in [6, 6.07) is 16.9. The molecule has 1 N–H and O–H groups in total. The van der Waals surface area contributed by atoms with Crippen molar-refractivity contribution in [2.75, 3.05) is 26.9 Å². The van der Waals surface area contributed by atoms with E-state index in [0.717, 1.165) is 42.5 Å². The molecule has 5 nitrogen and oxygen atoms in total. The summed E-state index contributed by atoms with van der Waals surface area (Å²) >= 11 is 0. The van der Waals surface area contributed by atoms with Crippen LogP contribution in [0.3, 0.4) is 0 Å². The normalized spacial score (nSPS) is 17.8. The van der Waals surface area contributed by atoms with Crippen molar-refractivity contribution in [3.8, 4) is 17.0 Å². The highest BCUT2D eigenvalue weighted by atomic mass is 16.5. The number of hydrogen-bond donors (Lipinski definition) is 1. The van der Waals surface area contributed by atoms with E-state index in [9.17, 15) is 0 Å². The van der Waals surface area contributed by atoms with Crippen LogP contribution in [0.4, 0.5) is 0 Å². The van der Waals surface area contributed by atoms with Crippen LogP contribution in [0.5, 0.6) is 5.75 Å². The maximum absolute atomic E-state index is 5.75. The zero-order valence-corrected chi connectivity index (χ0v) is 15.8. The van der Waals surface area contributed by atoms with Crippen LogP contribution in [0.2, 0.25) is 0 Å². The zero-order valence-electron chi connectivity index (χ0n) is 15.8. The number of benzene rings is 2. The van der Waals surface area contributed by atoms with Gasteiger partial charge in [-0.05, 0) is 42.3 Å². The Bertz CT molecular complexity index is 871. The fourth-order valence-corrected chi connectivity index (χ4v) is 3.43. The van der Waals surface area contributed by atoms with Crippen molar-refractivity contribution in [3.63, 3.8) is 0 Å². The van der Waals surface area contributed by atoms with E-state index in [0.29, 0.717) is 6.61 Å². The van der Waals surface area contributed by atoms with Gasteiger partial charge in [-0.1, -0.05) is 29.8 Å². The average molecular weight is 363 g/mol. The topological polar surface area (TPSA) is 50.4 Å². The highest BCUT2D eigenvalue weighted by molar-refractivity contribution is 5.59. The second-order valence-corrected chi connectivity index (χ2v) is 6.96. The summed E-state index contributed by atoms with van der Waals surface area (Å²) in [4.78, 5) is 10.6. The van der Waals surface area contributed by atoms with E-state index in [2.05, 4.69) is 46.1 Å².